The molecule has 0 aromatic heterocycles. The highest BCUT2D eigenvalue weighted by molar-refractivity contribution is 6.34. The van der Waals surface area contributed by atoms with Crippen LogP contribution in [-0.2, 0) is 16.1 Å². The summed E-state index contributed by atoms with van der Waals surface area (Å²) in [6.45, 7) is 0.479. The zero-order valence-electron chi connectivity index (χ0n) is 11.5. The first kappa shape index (κ1) is 17.3. The molecule has 0 saturated heterocycles. The second-order valence-corrected chi connectivity index (χ2v) is 5.18. The van der Waals surface area contributed by atoms with Crippen molar-refractivity contribution in [2.45, 2.75) is 30.9 Å². The van der Waals surface area contributed by atoms with Crippen molar-refractivity contribution in [1.29, 1.82) is 0 Å². The summed E-state index contributed by atoms with van der Waals surface area (Å²) in [6, 6.07) is 9.05. The normalized spacial score (nSPS) is 13.2. The molecule has 116 valence electrons. The van der Waals surface area contributed by atoms with E-state index in [9.17, 15) is 9.59 Å². The van der Waals surface area contributed by atoms with Gasteiger partial charge in [-0.1, -0.05) is 41.9 Å². The third-order valence-electron chi connectivity index (χ3n) is 2.83. The number of halogens is 1. The summed E-state index contributed by atoms with van der Waals surface area (Å²) in [5.41, 5.74) is 6.14. The van der Waals surface area contributed by atoms with Crippen molar-refractivity contribution in [3.8, 4) is 0 Å². The molecule has 1 rings (SSSR count). The molecule has 6 nitrogen and oxygen atoms in total. The maximum atomic E-state index is 11.7. The summed E-state index contributed by atoms with van der Waals surface area (Å²) in [5, 5.41) is 11.3. The van der Waals surface area contributed by atoms with Crippen molar-refractivity contribution in [2.75, 3.05) is 6.54 Å². The molecular formula is C14H19ClN2O4. The maximum Gasteiger partial charge on any atom is 0.409 e. The Kier molecular flexibility index (Phi) is 6.98. The molecule has 1 amide bonds. The van der Waals surface area contributed by atoms with Gasteiger partial charge in [-0.05, 0) is 31.4 Å². The Morgan fingerprint density at radius 3 is 2.52 bits per heavy atom. The van der Waals surface area contributed by atoms with E-state index in [-0.39, 0.29) is 13.0 Å². The lowest BCUT2D eigenvalue weighted by molar-refractivity contribution is -0.141. The first-order valence-corrected chi connectivity index (χ1v) is 6.97. The van der Waals surface area contributed by atoms with E-state index in [2.05, 4.69) is 5.32 Å². The molecule has 0 aliphatic carbocycles. The fraction of sp³-hybridized carbons (Fsp3) is 0.429. The number of unbranched alkanes of at least 4 members (excludes halogenated alkanes) is 1. The highest BCUT2D eigenvalue weighted by atomic mass is 35.5. The molecule has 0 radical (unpaired) electrons. The summed E-state index contributed by atoms with van der Waals surface area (Å²) in [6.07, 6.45) is 0.318. The SMILES string of the molecule is NCCCC[C@@](Cl)(NC(=O)OCc1ccccc1)C(=O)O. The van der Waals surface area contributed by atoms with Crippen molar-refractivity contribution in [3.05, 3.63) is 35.9 Å². The number of benzene rings is 1. The molecule has 0 aliphatic rings. The van der Waals surface area contributed by atoms with E-state index < -0.39 is 17.1 Å². The molecule has 0 spiro atoms. The lowest BCUT2D eigenvalue weighted by atomic mass is 10.1. The summed E-state index contributed by atoms with van der Waals surface area (Å²) in [5.74, 6) is -1.32. The number of rotatable bonds is 8. The number of hydrogen-bond acceptors (Lipinski definition) is 4. The number of carbonyl (C=O) groups excluding carboxylic acids is 1. The van der Waals surface area contributed by atoms with Gasteiger partial charge in [-0.25, -0.2) is 9.59 Å². The summed E-state index contributed by atoms with van der Waals surface area (Å²) < 4.78 is 4.96. The first-order chi connectivity index (χ1) is 9.98. The van der Waals surface area contributed by atoms with Crippen LogP contribution in [0, 0.1) is 0 Å². The van der Waals surface area contributed by atoms with Gasteiger partial charge in [0.1, 0.15) is 6.61 Å². The van der Waals surface area contributed by atoms with E-state index in [0.717, 1.165) is 5.56 Å². The number of nitrogens with one attached hydrogen (secondary N) is 1. The predicted octanol–water partition coefficient (Wildman–Crippen LogP) is 2.06. The number of amides is 1. The highest BCUT2D eigenvalue weighted by Crippen LogP contribution is 2.20. The van der Waals surface area contributed by atoms with Crippen molar-refractivity contribution >= 4 is 23.7 Å². The van der Waals surface area contributed by atoms with Gasteiger partial charge in [0.05, 0.1) is 0 Å². The number of ether oxygens (including phenoxy) is 1. The highest BCUT2D eigenvalue weighted by Gasteiger charge is 2.37. The van der Waals surface area contributed by atoms with Crippen molar-refractivity contribution in [1.82, 2.24) is 5.32 Å². The second-order valence-electron chi connectivity index (χ2n) is 4.54. The van der Waals surface area contributed by atoms with Gasteiger partial charge in [0.2, 0.25) is 5.00 Å². The Morgan fingerprint density at radius 2 is 1.95 bits per heavy atom. The van der Waals surface area contributed by atoms with Crippen LogP contribution in [0.3, 0.4) is 0 Å². The molecule has 4 N–H and O–H groups in total. The molecule has 1 aromatic rings. The maximum absolute atomic E-state index is 11.7. The predicted molar refractivity (Wildman–Crippen MR) is 78.9 cm³/mol. The number of hydrogen-bond donors (Lipinski definition) is 3. The third kappa shape index (κ3) is 6.01. The molecule has 0 heterocycles. The Hall–Kier alpha value is -1.79. The van der Waals surface area contributed by atoms with Gasteiger partial charge in [0, 0.05) is 0 Å². The molecule has 7 heteroatoms. The van der Waals surface area contributed by atoms with E-state index in [1.54, 1.807) is 12.1 Å². The van der Waals surface area contributed by atoms with E-state index in [4.69, 9.17) is 27.2 Å². The standard InChI is InChI=1S/C14H19ClN2O4/c15-14(12(18)19,8-4-5-9-16)17-13(20)21-10-11-6-2-1-3-7-11/h1-3,6-7H,4-5,8-10,16H2,(H,17,20)(H,18,19)/t14-/m1/s1. The molecule has 0 bridgehead atoms. The van der Waals surface area contributed by atoms with Gasteiger partial charge in [0.15, 0.2) is 0 Å². The molecule has 21 heavy (non-hydrogen) atoms. The summed E-state index contributed by atoms with van der Waals surface area (Å²) in [7, 11) is 0. The zero-order valence-corrected chi connectivity index (χ0v) is 12.3. The van der Waals surface area contributed by atoms with E-state index in [1.165, 1.54) is 0 Å². The van der Waals surface area contributed by atoms with Gasteiger partial charge in [-0.15, -0.1) is 0 Å². The number of alkyl halides is 1. The number of carboxylic acid groups (broad SMARTS) is 1. The minimum atomic E-state index is -1.87. The van der Waals surface area contributed by atoms with Gasteiger partial charge in [-0.2, -0.15) is 0 Å². The average molecular weight is 315 g/mol. The van der Waals surface area contributed by atoms with Crippen LogP contribution in [0.2, 0.25) is 0 Å². The first-order valence-electron chi connectivity index (χ1n) is 6.59. The number of carboxylic acids is 1. The van der Waals surface area contributed by atoms with E-state index in [1.807, 2.05) is 18.2 Å². The van der Waals surface area contributed by atoms with Crippen molar-refractivity contribution in [3.63, 3.8) is 0 Å². The molecule has 1 atom stereocenters. The van der Waals surface area contributed by atoms with Crippen molar-refractivity contribution in [2.24, 2.45) is 5.73 Å². The minimum absolute atomic E-state index is 0.0437. The monoisotopic (exact) mass is 314 g/mol. The largest absolute Gasteiger partial charge is 0.479 e. The van der Waals surface area contributed by atoms with Crippen molar-refractivity contribution < 1.29 is 19.4 Å². The van der Waals surface area contributed by atoms with E-state index in [0.29, 0.717) is 19.4 Å². The molecule has 0 aliphatic heterocycles. The van der Waals surface area contributed by atoms with Crippen LogP contribution in [-0.4, -0.2) is 28.7 Å². The smallest absolute Gasteiger partial charge is 0.409 e. The fourth-order valence-electron chi connectivity index (χ4n) is 1.66. The Morgan fingerprint density at radius 1 is 1.29 bits per heavy atom. The lowest BCUT2D eigenvalue weighted by Crippen LogP contribution is -2.50. The molecule has 0 fully saturated rings. The van der Waals surface area contributed by atoms with Crippen LogP contribution in [0.5, 0.6) is 0 Å². The fourth-order valence-corrected chi connectivity index (χ4v) is 1.87. The number of aliphatic carboxylic acids is 1. The van der Waals surface area contributed by atoms with Crippen LogP contribution in [0.15, 0.2) is 30.3 Å². The van der Waals surface area contributed by atoms with E-state index >= 15 is 0 Å². The summed E-state index contributed by atoms with van der Waals surface area (Å²) in [4.78, 5) is 21.0. The van der Waals surface area contributed by atoms with Crippen LogP contribution < -0.4 is 11.1 Å². The molecule has 1 aromatic carbocycles. The Labute approximate surface area is 128 Å². The topological polar surface area (TPSA) is 102 Å². The van der Waals surface area contributed by atoms with Crippen LogP contribution >= 0.6 is 11.6 Å². The minimum Gasteiger partial charge on any atom is -0.479 e. The summed E-state index contributed by atoms with van der Waals surface area (Å²) >= 11 is 5.93. The van der Waals surface area contributed by atoms with Crippen LogP contribution in [0.1, 0.15) is 24.8 Å². The Balaban J connectivity index is 2.50. The van der Waals surface area contributed by atoms with Gasteiger partial charge in [0.25, 0.3) is 0 Å². The zero-order chi connectivity index (χ0) is 15.7. The average Bonchev–Trinajstić information content (AvgIpc) is 2.46. The molecular weight excluding hydrogens is 296 g/mol. The lowest BCUT2D eigenvalue weighted by Gasteiger charge is -2.23. The second kappa shape index (κ2) is 8.49. The number of alkyl carbamates (subject to hydrolysis) is 1. The quantitative estimate of drug-likeness (QED) is 0.387. The van der Waals surface area contributed by atoms with Crippen LogP contribution in [0.25, 0.3) is 0 Å². The van der Waals surface area contributed by atoms with Gasteiger partial charge < -0.3 is 15.6 Å². The van der Waals surface area contributed by atoms with Crippen LogP contribution in [0.4, 0.5) is 4.79 Å². The molecule has 0 unspecified atom stereocenters. The molecule has 0 saturated carbocycles. The number of carbonyl (C=O) groups is 2. The Bertz CT molecular complexity index is 469. The number of nitrogens with two attached hydrogens (primary N) is 1. The van der Waals surface area contributed by atoms with Gasteiger partial charge >= 0.3 is 12.1 Å². The van der Waals surface area contributed by atoms with Gasteiger partial charge in [-0.3, -0.25) is 5.32 Å². The third-order valence-corrected chi connectivity index (χ3v) is 3.27.